The van der Waals surface area contributed by atoms with Gasteiger partial charge in [0, 0.05) is 19.1 Å². The van der Waals surface area contributed by atoms with Crippen LogP contribution in [0.3, 0.4) is 0 Å². The second kappa shape index (κ2) is 9.83. The van der Waals surface area contributed by atoms with Gasteiger partial charge < -0.3 is 19.7 Å². The number of anilines is 1. The molecule has 2 fully saturated rings. The number of nitrogens with zero attached hydrogens (tertiary/aromatic N) is 4. The largest absolute Gasteiger partial charge is 0.486 e. The number of aromatic nitrogens is 3. The van der Waals surface area contributed by atoms with Gasteiger partial charge >= 0.3 is 0 Å². The van der Waals surface area contributed by atoms with Crippen molar-refractivity contribution in [3.63, 3.8) is 0 Å². The zero-order valence-corrected chi connectivity index (χ0v) is 20.3. The maximum absolute atomic E-state index is 12.9. The van der Waals surface area contributed by atoms with Gasteiger partial charge in [0.25, 0.3) is 0 Å². The van der Waals surface area contributed by atoms with Crippen molar-refractivity contribution in [3.8, 4) is 11.5 Å². The van der Waals surface area contributed by atoms with Crippen LogP contribution in [0.2, 0.25) is 0 Å². The molecule has 9 heteroatoms. The van der Waals surface area contributed by atoms with Crippen molar-refractivity contribution in [3.05, 3.63) is 23.8 Å². The van der Waals surface area contributed by atoms with Crippen molar-refractivity contribution in [2.24, 2.45) is 5.92 Å². The summed E-state index contributed by atoms with van der Waals surface area (Å²) in [6.07, 6.45) is 6.03. The summed E-state index contributed by atoms with van der Waals surface area (Å²) in [6, 6.07) is 6.31. The molecule has 2 aromatic rings. The van der Waals surface area contributed by atoms with E-state index in [2.05, 4.69) is 38.8 Å². The number of carbonyl (C=O) groups excluding carboxylic acids is 1. The molecular weight excluding hydrogens is 438 g/mol. The highest BCUT2D eigenvalue weighted by molar-refractivity contribution is 7.99. The maximum Gasteiger partial charge on any atom is 0.230 e. The van der Waals surface area contributed by atoms with Crippen LogP contribution in [0.5, 0.6) is 11.5 Å². The molecule has 1 atom stereocenters. The van der Waals surface area contributed by atoms with E-state index < -0.39 is 0 Å². The number of hydrogen-bond donors (Lipinski definition) is 1. The lowest BCUT2D eigenvalue weighted by molar-refractivity contribution is -0.119. The van der Waals surface area contributed by atoms with Gasteiger partial charge in [-0.15, -0.1) is 10.2 Å². The summed E-state index contributed by atoms with van der Waals surface area (Å²) in [5.74, 6) is 3.05. The average molecular weight is 472 g/mol. The number of benzene rings is 1. The summed E-state index contributed by atoms with van der Waals surface area (Å²) < 4.78 is 13.6. The minimum absolute atomic E-state index is 0.00143. The Kier molecular flexibility index (Phi) is 6.66. The van der Waals surface area contributed by atoms with Crippen LogP contribution >= 0.6 is 11.8 Å². The first-order chi connectivity index (χ1) is 16.1. The van der Waals surface area contributed by atoms with Crippen LogP contribution in [0, 0.1) is 5.92 Å². The monoisotopic (exact) mass is 471 g/mol. The van der Waals surface area contributed by atoms with Crippen LogP contribution in [0.1, 0.15) is 63.6 Å². The van der Waals surface area contributed by atoms with E-state index in [1.165, 1.54) is 31.0 Å². The number of thioether (sulfide) groups is 1. The van der Waals surface area contributed by atoms with E-state index >= 15 is 0 Å². The highest BCUT2D eigenvalue weighted by Crippen LogP contribution is 2.41. The molecule has 1 unspecified atom stereocenters. The molecule has 5 rings (SSSR count). The van der Waals surface area contributed by atoms with Crippen LogP contribution in [-0.2, 0) is 4.79 Å². The van der Waals surface area contributed by atoms with E-state index in [0.29, 0.717) is 25.0 Å². The van der Waals surface area contributed by atoms with Crippen molar-refractivity contribution >= 4 is 23.6 Å². The van der Waals surface area contributed by atoms with E-state index in [-0.39, 0.29) is 17.9 Å². The van der Waals surface area contributed by atoms with E-state index in [0.717, 1.165) is 54.1 Å². The van der Waals surface area contributed by atoms with Crippen molar-refractivity contribution in [1.82, 2.24) is 20.1 Å². The van der Waals surface area contributed by atoms with Gasteiger partial charge in [-0.25, -0.2) is 0 Å². The van der Waals surface area contributed by atoms with Crippen LogP contribution in [-0.4, -0.2) is 52.7 Å². The van der Waals surface area contributed by atoms with Crippen LogP contribution < -0.4 is 19.7 Å². The summed E-state index contributed by atoms with van der Waals surface area (Å²) in [5.41, 5.74) is 1.03. The van der Waals surface area contributed by atoms with E-state index in [9.17, 15) is 4.79 Å². The SMILES string of the molecule is CC(C)C(NC(=O)CSc1nnc(N2CCCCC2)n1C1CC1)c1ccc2c(c1)OCCO2. The van der Waals surface area contributed by atoms with Crippen LogP contribution in [0.4, 0.5) is 5.95 Å². The lowest BCUT2D eigenvalue weighted by Gasteiger charge is -2.27. The average Bonchev–Trinajstić information content (AvgIpc) is 3.59. The third kappa shape index (κ3) is 5.08. The number of nitrogens with one attached hydrogen (secondary N) is 1. The lowest BCUT2D eigenvalue weighted by atomic mass is 9.95. The van der Waals surface area contributed by atoms with Gasteiger partial charge in [-0.1, -0.05) is 31.7 Å². The van der Waals surface area contributed by atoms with Gasteiger partial charge in [0.1, 0.15) is 13.2 Å². The fourth-order valence-electron chi connectivity index (χ4n) is 4.56. The molecule has 0 spiro atoms. The first-order valence-electron chi connectivity index (χ1n) is 12.1. The third-order valence-electron chi connectivity index (χ3n) is 6.44. The molecular formula is C24H33N5O3S. The molecule has 3 heterocycles. The fourth-order valence-corrected chi connectivity index (χ4v) is 5.37. The molecule has 1 saturated heterocycles. The summed E-state index contributed by atoms with van der Waals surface area (Å²) in [6.45, 7) is 7.43. The van der Waals surface area contributed by atoms with Gasteiger partial charge in [0.2, 0.25) is 11.9 Å². The Morgan fingerprint density at radius 3 is 2.61 bits per heavy atom. The van der Waals surface area contributed by atoms with E-state index in [4.69, 9.17) is 9.47 Å². The number of amides is 1. The summed E-state index contributed by atoms with van der Waals surface area (Å²) >= 11 is 1.49. The number of ether oxygens (including phenoxy) is 2. The molecule has 1 amide bonds. The number of fused-ring (bicyclic) bond motifs is 1. The molecule has 1 aliphatic carbocycles. The number of hydrogen-bond acceptors (Lipinski definition) is 7. The van der Waals surface area contributed by atoms with Crippen molar-refractivity contribution < 1.29 is 14.3 Å². The van der Waals surface area contributed by atoms with Gasteiger partial charge in [0.05, 0.1) is 11.8 Å². The van der Waals surface area contributed by atoms with Crippen molar-refractivity contribution in [2.45, 2.75) is 63.2 Å². The molecule has 8 nitrogen and oxygen atoms in total. The van der Waals surface area contributed by atoms with E-state index in [1.54, 1.807) is 0 Å². The molecule has 2 aliphatic heterocycles. The second-order valence-electron chi connectivity index (χ2n) is 9.41. The summed E-state index contributed by atoms with van der Waals surface area (Å²) in [5, 5.41) is 13.1. The lowest BCUT2D eigenvalue weighted by Crippen LogP contribution is -2.33. The van der Waals surface area contributed by atoms with Crippen molar-refractivity contribution in [1.29, 1.82) is 0 Å². The normalized spacial score (nSPS) is 18.9. The first kappa shape index (κ1) is 22.4. The minimum atomic E-state index is -0.0980. The quantitative estimate of drug-likeness (QED) is 0.583. The smallest absolute Gasteiger partial charge is 0.230 e. The molecule has 1 aromatic carbocycles. The van der Waals surface area contributed by atoms with Gasteiger partial charge in [-0.05, 0) is 55.7 Å². The topological polar surface area (TPSA) is 81.5 Å². The van der Waals surface area contributed by atoms with Crippen LogP contribution in [0.25, 0.3) is 0 Å². The standard InChI is InChI=1S/C24H33N5O3S/c1-16(2)22(17-6-9-19-20(14-17)32-13-12-31-19)25-21(30)15-33-24-27-26-23(29(24)18-7-8-18)28-10-4-3-5-11-28/h6,9,14,16,18,22H,3-5,7-8,10-13,15H2,1-2H3,(H,25,30). The molecule has 1 aromatic heterocycles. The Morgan fingerprint density at radius 1 is 1.12 bits per heavy atom. The van der Waals surface area contributed by atoms with Gasteiger partial charge in [-0.3, -0.25) is 9.36 Å². The molecule has 1 N–H and O–H groups in total. The molecule has 0 bridgehead atoms. The Labute approximate surface area is 199 Å². The Hall–Kier alpha value is -2.42. The van der Waals surface area contributed by atoms with Crippen LogP contribution in [0.15, 0.2) is 23.4 Å². The molecule has 0 radical (unpaired) electrons. The van der Waals surface area contributed by atoms with Gasteiger partial charge in [-0.2, -0.15) is 0 Å². The second-order valence-corrected chi connectivity index (χ2v) is 10.4. The summed E-state index contributed by atoms with van der Waals surface area (Å²) in [4.78, 5) is 15.3. The molecule has 3 aliphatic rings. The Morgan fingerprint density at radius 2 is 1.88 bits per heavy atom. The Balaban J connectivity index is 1.25. The summed E-state index contributed by atoms with van der Waals surface area (Å²) in [7, 11) is 0. The maximum atomic E-state index is 12.9. The highest BCUT2D eigenvalue weighted by atomic mass is 32.2. The minimum Gasteiger partial charge on any atom is -0.486 e. The highest BCUT2D eigenvalue weighted by Gasteiger charge is 2.32. The molecule has 33 heavy (non-hydrogen) atoms. The predicted molar refractivity (Wildman–Crippen MR) is 128 cm³/mol. The first-order valence-corrected chi connectivity index (χ1v) is 13.1. The molecule has 178 valence electrons. The third-order valence-corrected chi connectivity index (χ3v) is 7.38. The van der Waals surface area contributed by atoms with E-state index in [1.807, 2.05) is 18.2 Å². The predicted octanol–water partition coefficient (Wildman–Crippen LogP) is 3.98. The molecule has 1 saturated carbocycles. The van der Waals surface area contributed by atoms with Crippen molar-refractivity contribution in [2.75, 3.05) is 37.0 Å². The zero-order chi connectivity index (χ0) is 22.8. The number of piperidine rings is 1. The van der Waals surface area contributed by atoms with Gasteiger partial charge in [0.15, 0.2) is 16.7 Å². The number of rotatable bonds is 8. The fraction of sp³-hybridized carbons (Fsp3) is 0.625. The number of carbonyl (C=O) groups is 1. The zero-order valence-electron chi connectivity index (χ0n) is 19.5. The Bertz CT molecular complexity index is 984.